The van der Waals surface area contributed by atoms with Gasteiger partial charge >= 0.3 is 0 Å². The molecule has 9 nitrogen and oxygen atoms in total. The summed E-state index contributed by atoms with van der Waals surface area (Å²) in [7, 11) is -4.17. The van der Waals surface area contributed by atoms with Crippen LogP contribution in [0.5, 0.6) is 5.75 Å². The predicted octanol–water partition coefficient (Wildman–Crippen LogP) is 3.65. The number of sulfonamides is 1. The van der Waals surface area contributed by atoms with Crippen LogP contribution in [0.25, 0.3) is 0 Å². The number of rotatable bonds is 9. The third-order valence-electron chi connectivity index (χ3n) is 4.07. The lowest BCUT2D eigenvalue weighted by atomic mass is 10.3. The van der Waals surface area contributed by atoms with Crippen LogP contribution in [0.3, 0.4) is 0 Å². The number of hydrogen-bond donors (Lipinski definition) is 1. The Morgan fingerprint density at radius 3 is 2.68 bits per heavy atom. The van der Waals surface area contributed by atoms with Gasteiger partial charge < -0.3 is 14.6 Å². The number of nitrogens with one attached hydrogen (secondary N) is 1. The minimum Gasteiger partial charge on any atom is -0.491 e. The summed E-state index contributed by atoms with van der Waals surface area (Å²) >= 11 is 5.76. The number of aryl methyl sites for hydroxylation is 1. The Morgan fingerprint density at radius 2 is 2.03 bits per heavy atom. The first-order chi connectivity index (χ1) is 14.8. The van der Waals surface area contributed by atoms with Gasteiger partial charge in [0.05, 0.1) is 12.3 Å². The maximum Gasteiger partial charge on any atom is 0.267 e. The number of pyridine rings is 1. The van der Waals surface area contributed by atoms with Crippen LogP contribution in [0.4, 0.5) is 11.5 Å². The predicted molar refractivity (Wildman–Crippen MR) is 116 cm³/mol. The number of halogens is 1. The molecule has 0 aliphatic rings. The van der Waals surface area contributed by atoms with E-state index < -0.39 is 22.5 Å². The van der Waals surface area contributed by atoms with Crippen LogP contribution in [0, 0.1) is 6.92 Å². The zero-order valence-corrected chi connectivity index (χ0v) is 18.5. The summed E-state index contributed by atoms with van der Waals surface area (Å²) in [5.41, 5.74) is 0.433. The average Bonchev–Trinajstić information content (AvgIpc) is 3.17. The fourth-order valence-corrected chi connectivity index (χ4v) is 4.04. The number of benzene rings is 1. The number of carbonyl (C=O) groups excluding carboxylic acids is 1. The molecule has 3 rings (SSSR count). The largest absolute Gasteiger partial charge is 0.491 e. The van der Waals surface area contributed by atoms with E-state index >= 15 is 0 Å². The Labute approximate surface area is 185 Å². The molecule has 0 aliphatic heterocycles. The number of hydrogen-bond acceptors (Lipinski definition) is 7. The highest BCUT2D eigenvalue weighted by molar-refractivity contribution is 7.92. The van der Waals surface area contributed by atoms with Crippen molar-refractivity contribution in [2.24, 2.45) is 0 Å². The zero-order valence-electron chi connectivity index (χ0n) is 16.9. The number of amides is 1. The Hall–Kier alpha value is -3.11. The lowest BCUT2D eigenvalue weighted by Crippen LogP contribution is -2.38. The van der Waals surface area contributed by atoms with Crippen LogP contribution >= 0.6 is 11.6 Å². The minimum absolute atomic E-state index is 0.0295. The van der Waals surface area contributed by atoms with Gasteiger partial charge in [-0.15, -0.1) is 0 Å². The third kappa shape index (κ3) is 5.53. The van der Waals surface area contributed by atoms with E-state index in [0.717, 1.165) is 16.9 Å². The molecular weight excluding hydrogens is 444 g/mol. The topological polar surface area (TPSA) is 115 Å². The van der Waals surface area contributed by atoms with Crippen molar-refractivity contribution in [3.8, 4) is 5.75 Å². The van der Waals surface area contributed by atoms with Gasteiger partial charge in [0, 0.05) is 12.3 Å². The highest BCUT2D eigenvalue weighted by Gasteiger charge is 2.30. The van der Waals surface area contributed by atoms with Crippen molar-refractivity contribution in [1.29, 1.82) is 0 Å². The summed E-state index contributed by atoms with van der Waals surface area (Å²) < 4.78 is 37.9. The first kappa shape index (κ1) is 22.6. The second-order valence-corrected chi connectivity index (χ2v) is 8.77. The lowest BCUT2D eigenvalue weighted by Gasteiger charge is -2.21. The number of ether oxygens (including phenoxy) is 1. The quantitative estimate of drug-likeness (QED) is 0.480. The fourth-order valence-electron chi connectivity index (χ4n) is 2.63. The Bertz CT molecular complexity index is 1150. The van der Waals surface area contributed by atoms with E-state index in [9.17, 15) is 13.2 Å². The third-order valence-corrected chi connectivity index (χ3v) is 6.03. The Balaban J connectivity index is 1.88. The molecule has 0 fully saturated rings. The molecule has 31 heavy (non-hydrogen) atoms. The van der Waals surface area contributed by atoms with E-state index in [0.29, 0.717) is 23.8 Å². The van der Waals surface area contributed by atoms with Gasteiger partial charge in [0.15, 0.2) is 5.82 Å². The van der Waals surface area contributed by atoms with E-state index in [1.807, 2.05) is 6.92 Å². The van der Waals surface area contributed by atoms with Gasteiger partial charge in [-0.3, -0.25) is 4.79 Å². The molecule has 1 aromatic carbocycles. The monoisotopic (exact) mass is 464 g/mol. The van der Waals surface area contributed by atoms with Gasteiger partial charge in [-0.05, 0) is 37.6 Å². The first-order valence-corrected chi connectivity index (χ1v) is 11.2. The molecule has 1 amide bonds. The number of anilines is 2. The first-order valence-electron chi connectivity index (χ1n) is 9.40. The van der Waals surface area contributed by atoms with Gasteiger partial charge in [0.2, 0.25) is 5.91 Å². The van der Waals surface area contributed by atoms with E-state index in [-0.39, 0.29) is 15.9 Å². The standard InChI is InChI=1S/C20H21ClN4O5S/c1-3-10-29-17-7-5-4-6-16(17)23-20(26)13-25(19-11-14(2)30-24-19)31(27,28)15-8-9-18(21)22-12-15/h4-9,11-12H,3,10,13H2,1-2H3,(H,23,26). The van der Waals surface area contributed by atoms with Crippen LogP contribution in [0.1, 0.15) is 19.1 Å². The number of nitrogens with zero attached hydrogens (tertiary/aromatic N) is 3. The van der Waals surface area contributed by atoms with Crippen LogP contribution in [0.15, 0.2) is 58.1 Å². The van der Waals surface area contributed by atoms with Crippen molar-refractivity contribution in [3.05, 3.63) is 59.6 Å². The maximum absolute atomic E-state index is 13.2. The second-order valence-electron chi connectivity index (χ2n) is 6.52. The summed E-state index contributed by atoms with van der Waals surface area (Å²) in [5.74, 6) is 0.270. The number of carbonyl (C=O) groups is 1. The molecule has 164 valence electrons. The molecule has 0 aliphatic carbocycles. The zero-order chi connectivity index (χ0) is 22.4. The molecule has 3 aromatic rings. The van der Waals surface area contributed by atoms with Crippen molar-refractivity contribution < 1.29 is 22.5 Å². The van der Waals surface area contributed by atoms with Gasteiger partial charge in [0.1, 0.15) is 28.1 Å². The molecule has 0 atom stereocenters. The van der Waals surface area contributed by atoms with Crippen molar-refractivity contribution >= 4 is 39.0 Å². The highest BCUT2D eigenvalue weighted by atomic mass is 35.5. The van der Waals surface area contributed by atoms with Gasteiger partial charge in [-0.2, -0.15) is 0 Å². The normalized spacial score (nSPS) is 11.2. The molecule has 0 bridgehead atoms. The fraction of sp³-hybridized carbons (Fsp3) is 0.250. The summed E-state index contributed by atoms with van der Waals surface area (Å²) in [6.07, 6.45) is 1.92. The maximum atomic E-state index is 13.2. The smallest absolute Gasteiger partial charge is 0.267 e. The number of aromatic nitrogens is 2. The summed E-state index contributed by atoms with van der Waals surface area (Å²) in [4.78, 5) is 16.5. The SMILES string of the molecule is CCCOc1ccccc1NC(=O)CN(c1cc(C)on1)S(=O)(=O)c1ccc(Cl)nc1. The van der Waals surface area contributed by atoms with Gasteiger partial charge in [-0.1, -0.05) is 35.8 Å². The lowest BCUT2D eigenvalue weighted by molar-refractivity contribution is -0.114. The van der Waals surface area contributed by atoms with Gasteiger partial charge in [0.25, 0.3) is 10.0 Å². The molecule has 0 radical (unpaired) electrons. The van der Waals surface area contributed by atoms with Crippen molar-refractivity contribution in [3.63, 3.8) is 0 Å². The van der Waals surface area contributed by atoms with Crippen LogP contribution in [0.2, 0.25) is 5.15 Å². The molecular formula is C20H21ClN4O5S. The Kier molecular flexibility index (Phi) is 7.13. The number of para-hydroxylation sites is 2. The van der Waals surface area contributed by atoms with Crippen molar-refractivity contribution in [1.82, 2.24) is 10.1 Å². The molecule has 2 aromatic heterocycles. The molecule has 2 heterocycles. The minimum atomic E-state index is -4.17. The summed E-state index contributed by atoms with van der Waals surface area (Å²) in [6, 6.07) is 11.0. The molecule has 11 heteroatoms. The molecule has 0 saturated heterocycles. The van der Waals surface area contributed by atoms with E-state index in [2.05, 4.69) is 15.5 Å². The van der Waals surface area contributed by atoms with E-state index in [1.165, 1.54) is 18.2 Å². The Morgan fingerprint density at radius 1 is 1.26 bits per heavy atom. The van der Waals surface area contributed by atoms with Crippen LogP contribution in [-0.4, -0.2) is 37.6 Å². The van der Waals surface area contributed by atoms with Crippen LogP contribution < -0.4 is 14.4 Å². The average molecular weight is 465 g/mol. The van der Waals surface area contributed by atoms with E-state index in [4.69, 9.17) is 20.9 Å². The summed E-state index contributed by atoms with van der Waals surface area (Å²) in [6.45, 7) is 3.52. The molecule has 1 N–H and O–H groups in total. The molecule has 0 spiro atoms. The van der Waals surface area contributed by atoms with Crippen molar-refractivity contribution in [2.45, 2.75) is 25.2 Å². The van der Waals surface area contributed by atoms with Crippen LogP contribution in [-0.2, 0) is 14.8 Å². The second kappa shape index (κ2) is 9.80. The molecule has 0 saturated carbocycles. The summed E-state index contributed by atoms with van der Waals surface area (Å²) in [5, 5.41) is 6.60. The van der Waals surface area contributed by atoms with Crippen molar-refractivity contribution in [2.75, 3.05) is 22.8 Å². The van der Waals surface area contributed by atoms with E-state index in [1.54, 1.807) is 31.2 Å². The van der Waals surface area contributed by atoms with Gasteiger partial charge in [-0.25, -0.2) is 17.7 Å². The highest BCUT2D eigenvalue weighted by Crippen LogP contribution is 2.26. The molecule has 0 unspecified atom stereocenters.